The van der Waals surface area contributed by atoms with E-state index in [-0.39, 0.29) is 12.6 Å². The second kappa shape index (κ2) is 8.25. The fraction of sp³-hybridized carbons (Fsp3) is 0.158. The molecule has 0 saturated heterocycles. The zero-order chi connectivity index (χ0) is 18.5. The molecule has 5 nitrogen and oxygen atoms in total. The van der Waals surface area contributed by atoms with E-state index in [1.165, 1.54) is 6.07 Å². The molecule has 0 amide bonds. The molecule has 3 rings (SSSR count). The third-order valence-electron chi connectivity index (χ3n) is 3.64. The van der Waals surface area contributed by atoms with Crippen LogP contribution < -0.4 is 10.6 Å². The molecule has 7 heteroatoms. The third kappa shape index (κ3) is 4.56. The van der Waals surface area contributed by atoms with Gasteiger partial charge >= 0.3 is 0 Å². The molecule has 1 aromatic heterocycles. The summed E-state index contributed by atoms with van der Waals surface area (Å²) in [5, 5.41) is 15.3. The average Bonchev–Trinajstić information content (AvgIpc) is 2.64. The van der Waals surface area contributed by atoms with Crippen LogP contribution in [-0.2, 0) is 0 Å². The summed E-state index contributed by atoms with van der Waals surface area (Å²) in [5.74, 6) is 0.415. The van der Waals surface area contributed by atoms with Crippen LogP contribution in [0.2, 0.25) is 0 Å². The fourth-order valence-corrected chi connectivity index (χ4v) is 2.66. The van der Waals surface area contributed by atoms with Crippen molar-refractivity contribution in [2.24, 2.45) is 0 Å². The maximum atomic E-state index is 14.1. The molecule has 3 aromatic rings. The molecule has 0 spiro atoms. The van der Waals surface area contributed by atoms with Gasteiger partial charge in [0.2, 0.25) is 5.95 Å². The SMILES string of the molecule is C[C@H](CO)Nc1nc(Nc2ccc(Br)cc2F)cc(-c2ccccc2)n1. The van der Waals surface area contributed by atoms with Crippen molar-refractivity contribution in [3.05, 3.63) is 64.9 Å². The van der Waals surface area contributed by atoms with Gasteiger partial charge in [-0.05, 0) is 25.1 Å². The van der Waals surface area contributed by atoms with Crippen molar-refractivity contribution in [3.63, 3.8) is 0 Å². The quantitative estimate of drug-likeness (QED) is 0.548. The van der Waals surface area contributed by atoms with Crippen LogP contribution in [0.1, 0.15) is 6.92 Å². The van der Waals surface area contributed by atoms with Crippen LogP contribution in [0, 0.1) is 5.82 Å². The Morgan fingerprint density at radius 3 is 2.58 bits per heavy atom. The van der Waals surface area contributed by atoms with E-state index in [0.717, 1.165) is 5.56 Å². The van der Waals surface area contributed by atoms with E-state index < -0.39 is 5.82 Å². The van der Waals surface area contributed by atoms with Gasteiger partial charge in [-0.25, -0.2) is 9.37 Å². The Balaban J connectivity index is 1.98. The summed E-state index contributed by atoms with van der Waals surface area (Å²) < 4.78 is 14.8. The number of anilines is 3. The lowest BCUT2D eigenvalue weighted by Gasteiger charge is -2.14. The highest BCUT2D eigenvalue weighted by atomic mass is 79.9. The molecule has 2 aromatic carbocycles. The van der Waals surface area contributed by atoms with Gasteiger partial charge in [0, 0.05) is 22.1 Å². The first kappa shape index (κ1) is 18.3. The van der Waals surface area contributed by atoms with Gasteiger partial charge in [0.1, 0.15) is 11.6 Å². The minimum Gasteiger partial charge on any atom is -0.394 e. The normalized spacial score (nSPS) is 11.8. The first-order valence-electron chi connectivity index (χ1n) is 8.09. The Morgan fingerprint density at radius 1 is 1.12 bits per heavy atom. The topological polar surface area (TPSA) is 70.1 Å². The largest absolute Gasteiger partial charge is 0.394 e. The maximum Gasteiger partial charge on any atom is 0.225 e. The molecule has 1 atom stereocenters. The number of aliphatic hydroxyl groups excluding tert-OH is 1. The summed E-state index contributed by atoms with van der Waals surface area (Å²) in [6.45, 7) is 1.77. The zero-order valence-electron chi connectivity index (χ0n) is 14.1. The van der Waals surface area contributed by atoms with Gasteiger partial charge < -0.3 is 15.7 Å². The maximum absolute atomic E-state index is 14.1. The first-order valence-corrected chi connectivity index (χ1v) is 8.88. The van der Waals surface area contributed by atoms with Gasteiger partial charge in [0.05, 0.1) is 18.0 Å². The predicted molar refractivity (Wildman–Crippen MR) is 105 cm³/mol. The summed E-state index contributed by atoms with van der Waals surface area (Å²) in [4.78, 5) is 8.88. The summed E-state index contributed by atoms with van der Waals surface area (Å²) in [7, 11) is 0. The summed E-state index contributed by atoms with van der Waals surface area (Å²) in [6, 6.07) is 15.9. The molecule has 0 fully saturated rings. The van der Waals surface area contributed by atoms with Gasteiger partial charge in [-0.1, -0.05) is 46.3 Å². The number of nitrogens with one attached hydrogen (secondary N) is 2. The lowest BCUT2D eigenvalue weighted by molar-refractivity contribution is 0.281. The first-order chi connectivity index (χ1) is 12.5. The van der Waals surface area contributed by atoms with Crippen molar-refractivity contribution in [2.75, 3.05) is 17.2 Å². The predicted octanol–water partition coefficient (Wildman–Crippen LogP) is 4.58. The van der Waals surface area contributed by atoms with Crippen LogP contribution in [0.5, 0.6) is 0 Å². The lowest BCUT2D eigenvalue weighted by Crippen LogP contribution is -2.21. The molecule has 0 aliphatic rings. The van der Waals surface area contributed by atoms with Crippen molar-refractivity contribution in [1.29, 1.82) is 0 Å². The molecule has 3 N–H and O–H groups in total. The number of rotatable bonds is 6. The number of benzene rings is 2. The molecular weight excluding hydrogens is 399 g/mol. The molecule has 0 unspecified atom stereocenters. The highest BCUT2D eigenvalue weighted by molar-refractivity contribution is 9.10. The summed E-state index contributed by atoms with van der Waals surface area (Å²) >= 11 is 3.24. The van der Waals surface area contributed by atoms with Gasteiger partial charge in [-0.3, -0.25) is 0 Å². The van der Waals surface area contributed by atoms with Crippen molar-refractivity contribution in [3.8, 4) is 11.3 Å². The van der Waals surface area contributed by atoms with E-state index in [1.54, 1.807) is 18.2 Å². The van der Waals surface area contributed by atoms with Crippen molar-refractivity contribution in [2.45, 2.75) is 13.0 Å². The Bertz CT molecular complexity index is 892. The number of nitrogens with zero attached hydrogens (tertiary/aromatic N) is 2. The van der Waals surface area contributed by atoms with E-state index in [2.05, 4.69) is 36.5 Å². The standard InChI is InChI=1S/C19H18BrFN4O/c1-12(11-26)22-19-24-17(13-5-3-2-4-6-13)10-18(25-19)23-16-8-7-14(20)9-15(16)21/h2-10,12,26H,11H2,1H3,(H2,22,23,24,25)/t12-/m1/s1. The van der Waals surface area contributed by atoms with Crippen molar-refractivity contribution in [1.82, 2.24) is 9.97 Å². The average molecular weight is 417 g/mol. The highest BCUT2D eigenvalue weighted by Gasteiger charge is 2.11. The van der Waals surface area contributed by atoms with E-state index in [1.807, 2.05) is 37.3 Å². The molecule has 0 bridgehead atoms. The van der Waals surface area contributed by atoms with Crippen LogP contribution >= 0.6 is 15.9 Å². The van der Waals surface area contributed by atoms with Crippen molar-refractivity contribution < 1.29 is 9.50 Å². The lowest BCUT2D eigenvalue weighted by atomic mass is 10.1. The van der Waals surface area contributed by atoms with E-state index in [4.69, 9.17) is 0 Å². The second-order valence-electron chi connectivity index (χ2n) is 5.81. The van der Waals surface area contributed by atoms with E-state index >= 15 is 0 Å². The second-order valence-corrected chi connectivity index (χ2v) is 6.72. The van der Waals surface area contributed by atoms with Gasteiger partial charge in [-0.2, -0.15) is 4.98 Å². The Hall–Kier alpha value is -2.51. The Kier molecular flexibility index (Phi) is 5.80. The fourth-order valence-electron chi connectivity index (χ4n) is 2.33. The molecule has 0 aliphatic heterocycles. The van der Waals surface area contributed by atoms with E-state index in [0.29, 0.717) is 27.6 Å². The summed E-state index contributed by atoms with van der Waals surface area (Å²) in [6.07, 6.45) is 0. The molecule has 26 heavy (non-hydrogen) atoms. The van der Waals surface area contributed by atoms with Gasteiger partial charge in [0.15, 0.2) is 0 Å². The van der Waals surface area contributed by atoms with Crippen LogP contribution in [0.4, 0.5) is 21.8 Å². The molecule has 0 radical (unpaired) electrons. The minimum atomic E-state index is -0.391. The van der Waals surface area contributed by atoms with Gasteiger partial charge in [-0.15, -0.1) is 0 Å². The van der Waals surface area contributed by atoms with Crippen LogP contribution in [0.15, 0.2) is 59.1 Å². The highest BCUT2D eigenvalue weighted by Crippen LogP contribution is 2.26. The van der Waals surface area contributed by atoms with E-state index in [9.17, 15) is 9.50 Å². The smallest absolute Gasteiger partial charge is 0.225 e. The summed E-state index contributed by atoms with van der Waals surface area (Å²) in [5.41, 5.74) is 1.91. The third-order valence-corrected chi connectivity index (χ3v) is 4.13. The number of aromatic nitrogens is 2. The van der Waals surface area contributed by atoms with Crippen molar-refractivity contribution >= 4 is 33.4 Å². The molecule has 0 saturated carbocycles. The molecule has 0 aliphatic carbocycles. The zero-order valence-corrected chi connectivity index (χ0v) is 15.7. The molecule has 134 valence electrons. The Labute approximate surface area is 159 Å². The molecule has 1 heterocycles. The monoisotopic (exact) mass is 416 g/mol. The number of hydrogen-bond acceptors (Lipinski definition) is 5. The Morgan fingerprint density at radius 2 is 1.88 bits per heavy atom. The molecular formula is C19H18BrFN4O. The van der Waals surface area contributed by atoms with Crippen LogP contribution in [0.25, 0.3) is 11.3 Å². The minimum absolute atomic E-state index is 0.0526. The number of hydrogen-bond donors (Lipinski definition) is 3. The number of aliphatic hydroxyl groups is 1. The van der Waals surface area contributed by atoms with Crippen LogP contribution in [-0.4, -0.2) is 27.7 Å². The number of halogens is 2. The van der Waals surface area contributed by atoms with Crippen LogP contribution in [0.3, 0.4) is 0 Å². The van der Waals surface area contributed by atoms with Gasteiger partial charge in [0.25, 0.3) is 0 Å².